The number of nitrogens with zero attached hydrogens (tertiary/aromatic N) is 4. The third-order valence-electron chi connectivity index (χ3n) is 4.50. The van der Waals surface area contributed by atoms with Crippen molar-refractivity contribution in [2.24, 2.45) is 5.92 Å². The molecule has 1 saturated heterocycles. The molecule has 6 heteroatoms. The molecule has 0 amide bonds. The van der Waals surface area contributed by atoms with Gasteiger partial charge in [0, 0.05) is 38.8 Å². The smallest absolute Gasteiger partial charge is 0.147 e. The van der Waals surface area contributed by atoms with Gasteiger partial charge in [-0.1, -0.05) is 13.8 Å². The summed E-state index contributed by atoms with van der Waals surface area (Å²) in [6.07, 6.45) is 1.65. The van der Waals surface area contributed by atoms with Gasteiger partial charge in [-0.2, -0.15) is 0 Å². The van der Waals surface area contributed by atoms with E-state index in [0.717, 1.165) is 48.8 Å². The van der Waals surface area contributed by atoms with Crippen molar-refractivity contribution in [1.82, 2.24) is 19.8 Å². The largest absolute Gasteiger partial charge is 0.367 e. The van der Waals surface area contributed by atoms with E-state index in [1.54, 1.807) is 17.7 Å². The van der Waals surface area contributed by atoms with Crippen LogP contribution in [-0.2, 0) is 0 Å². The number of hydrogen-bond acceptors (Lipinski definition) is 6. The highest BCUT2D eigenvalue weighted by Crippen LogP contribution is 2.25. The lowest BCUT2D eigenvalue weighted by Gasteiger charge is -2.40. The Kier molecular flexibility index (Phi) is 4.90. The zero-order valence-corrected chi connectivity index (χ0v) is 14.4. The highest BCUT2D eigenvalue weighted by atomic mass is 32.1. The van der Waals surface area contributed by atoms with Gasteiger partial charge in [0.1, 0.15) is 12.1 Å². The number of aromatic nitrogens is 2. The quantitative estimate of drug-likeness (QED) is 0.917. The first-order chi connectivity index (χ1) is 10.6. The lowest BCUT2D eigenvalue weighted by Crippen LogP contribution is -2.52. The molecule has 3 rings (SSSR count). The number of likely N-dealkylation sites (N-methyl/N-ethyl adjacent to an activating group) is 1. The van der Waals surface area contributed by atoms with E-state index >= 15 is 0 Å². The Balaban J connectivity index is 1.68. The Morgan fingerprint density at radius 1 is 1.23 bits per heavy atom. The molecule has 0 bridgehead atoms. The summed E-state index contributed by atoms with van der Waals surface area (Å²) in [6.45, 7) is 10.2. The van der Waals surface area contributed by atoms with Crippen LogP contribution < -0.4 is 5.32 Å². The molecular weight excluding hydrogens is 294 g/mol. The predicted molar refractivity (Wildman–Crippen MR) is 93.6 cm³/mol. The minimum absolute atomic E-state index is 0.540. The number of piperazine rings is 1. The second-order valence-corrected chi connectivity index (χ2v) is 7.30. The molecule has 1 N–H and O–H groups in total. The van der Waals surface area contributed by atoms with Crippen LogP contribution in [0.25, 0.3) is 10.2 Å². The van der Waals surface area contributed by atoms with E-state index in [1.165, 1.54) is 0 Å². The summed E-state index contributed by atoms with van der Waals surface area (Å²) in [5.74, 6) is 1.59. The van der Waals surface area contributed by atoms with Crippen LogP contribution >= 0.6 is 11.3 Å². The van der Waals surface area contributed by atoms with E-state index in [2.05, 4.69) is 51.4 Å². The standard InChI is InChI=1S/C16H25N5S/c1-12(2)14(21-7-5-20(3)6-8-21)10-17-16-15-13(4-9-22-15)18-11-19-16/h4,9,11-12,14H,5-8,10H2,1-3H3,(H,17,18,19)/t14-/m0/s1. The zero-order valence-electron chi connectivity index (χ0n) is 13.6. The van der Waals surface area contributed by atoms with Crippen molar-refractivity contribution in [1.29, 1.82) is 0 Å². The van der Waals surface area contributed by atoms with Gasteiger partial charge in [-0.3, -0.25) is 4.90 Å². The van der Waals surface area contributed by atoms with Crippen LogP contribution in [-0.4, -0.2) is 65.6 Å². The van der Waals surface area contributed by atoms with Gasteiger partial charge in [-0.05, 0) is 24.4 Å². The van der Waals surface area contributed by atoms with Gasteiger partial charge < -0.3 is 10.2 Å². The van der Waals surface area contributed by atoms with Crippen molar-refractivity contribution >= 4 is 27.4 Å². The third-order valence-corrected chi connectivity index (χ3v) is 5.41. The molecule has 0 spiro atoms. The molecule has 1 atom stereocenters. The average Bonchev–Trinajstić information content (AvgIpc) is 2.98. The first kappa shape index (κ1) is 15.6. The Hall–Kier alpha value is -1.24. The molecule has 0 unspecified atom stereocenters. The Morgan fingerprint density at radius 3 is 2.73 bits per heavy atom. The van der Waals surface area contributed by atoms with Crippen LogP contribution in [0.3, 0.4) is 0 Å². The van der Waals surface area contributed by atoms with Gasteiger partial charge in [0.05, 0.1) is 10.2 Å². The van der Waals surface area contributed by atoms with Gasteiger partial charge in [-0.15, -0.1) is 11.3 Å². The number of thiophene rings is 1. The summed E-state index contributed by atoms with van der Waals surface area (Å²) in [5, 5.41) is 5.64. The zero-order chi connectivity index (χ0) is 15.5. The molecule has 2 aromatic heterocycles. The number of nitrogens with one attached hydrogen (secondary N) is 1. The molecule has 22 heavy (non-hydrogen) atoms. The highest BCUT2D eigenvalue weighted by molar-refractivity contribution is 7.17. The first-order valence-electron chi connectivity index (χ1n) is 8.00. The molecule has 0 aromatic carbocycles. The van der Waals surface area contributed by atoms with Crippen LogP contribution in [0.15, 0.2) is 17.8 Å². The molecule has 1 fully saturated rings. The van der Waals surface area contributed by atoms with Crippen LogP contribution in [0, 0.1) is 5.92 Å². The third kappa shape index (κ3) is 3.39. The minimum Gasteiger partial charge on any atom is -0.367 e. The highest BCUT2D eigenvalue weighted by Gasteiger charge is 2.25. The van der Waals surface area contributed by atoms with E-state index in [1.807, 2.05) is 6.07 Å². The maximum absolute atomic E-state index is 4.43. The van der Waals surface area contributed by atoms with Crippen molar-refractivity contribution in [2.75, 3.05) is 45.1 Å². The Bertz CT molecular complexity index is 603. The van der Waals surface area contributed by atoms with Gasteiger partial charge in [-0.25, -0.2) is 9.97 Å². The number of fused-ring (bicyclic) bond motifs is 1. The normalized spacial score (nSPS) is 18.9. The van der Waals surface area contributed by atoms with E-state index < -0.39 is 0 Å². The van der Waals surface area contributed by atoms with Gasteiger partial charge in [0.25, 0.3) is 0 Å². The van der Waals surface area contributed by atoms with Crippen LogP contribution in [0.4, 0.5) is 5.82 Å². The monoisotopic (exact) mass is 319 g/mol. The summed E-state index contributed by atoms with van der Waals surface area (Å²) < 4.78 is 1.16. The maximum Gasteiger partial charge on any atom is 0.147 e. The summed E-state index contributed by atoms with van der Waals surface area (Å²) in [5.41, 5.74) is 1.03. The number of hydrogen-bond donors (Lipinski definition) is 1. The first-order valence-corrected chi connectivity index (χ1v) is 8.88. The van der Waals surface area contributed by atoms with Gasteiger partial charge in [0.2, 0.25) is 0 Å². The SMILES string of the molecule is CC(C)[C@H](CNc1ncnc2ccsc12)N1CCN(C)CC1. The van der Waals surface area contributed by atoms with Crippen molar-refractivity contribution < 1.29 is 0 Å². The number of anilines is 1. The Morgan fingerprint density at radius 2 is 2.00 bits per heavy atom. The fourth-order valence-electron chi connectivity index (χ4n) is 3.06. The Labute approximate surface area is 136 Å². The second kappa shape index (κ2) is 6.89. The van der Waals surface area contributed by atoms with Crippen molar-refractivity contribution in [3.63, 3.8) is 0 Å². The summed E-state index contributed by atoms with van der Waals surface area (Å²) >= 11 is 1.70. The molecule has 120 valence electrons. The van der Waals surface area contributed by atoms with E-state index in [9.17, 15) is 0 Å². The lowest BCUT2D eigenvalue weighted by atomic mass is 10.0. The topological polar surface area (TPSA) is 44.3 Å². The fourth-order valence-corrected chi connectivity index (χ4v) is 3.87. The van der Waals surface area contributed by atoms with Crippen molar-refractivity contribution in [3.8, 4) is 0 Å². The van der Waals surface area contributed by atoms with Crippen molar-refractivity contribution in [2.45, 2.75) is 19.9 Å². The molecule has 3 heterocycles. The van der Waals surface area contributed by atoms with Gasteiger partial charge >= 0.3 is 0 Å². The van der Waals surface area contributed by atoms with E-state index in [4.69, 9.17) is 0 Å². The number of rotatable bonds is 5. The molecule has 0 radical (unpaired) electrons. The van der Waals surface area contributed by atoms with E-state index in [0.29, 0.717) is 12.0 Å². The predicted octanol–water partition coefficient (Wildman–Crippen LogP) is 2.38. The molecule has 1 aliphatic heterocycles. The molecular formula is C16H25N5S. The lowest BCUT2D eigenvalue weighted by molar-refractivity contribution is 0.0944. The second-order valence-electron chi connectivity index (χ2n) is 6.39. The van der Waals surface area contributed by atoms with Crippen LogP contribution in [0.2, 0.25) is 0 Å². The molecule has 2 aromatic rings. The minimum atomic E-state index is 0.540. The van der Waals surface area contributed by atoms with Crippen LogP contribution in [0.5, 0.6) is 0 Å². The molecule has 0 aliphatic carbocycles. The van der Waals surface area contributed by atoms with Gasteiger partial charge in [0.15, 0.2) is 0 Å². The molecule has 5 nitrogen and oxygen atoms in total. The van der Waals surface area contributed by atoms with Crippen LogP contribution in [0.1, 0.15) is 13.8 Å². The summed E-state index contributed by atoms with van der Waals surface area (Å²) in [7, 11) is 2.20. The molecule has 0 saturated carbocycles. The summed E-state index contributed by atoms with van der Waals surface area (Å²) in [6, 6.07) is 2.59. The fraction of sp³-hybridized carbons (Fsp3) is 0.625. The van der Waals surface area contributed by atoms with Crippen molar-refractivity contribution in [3.05, 3.63) is 17.8 Å². The van der Waals surface area contributed by atoms with E-state index in [-0.39, 0.29) is 0 Å². The summed E-state index contributed by atoms with van der Waals surface area (Å²) in [4.78, 5) is 13.8. The average molecular weight is 319 g/mol. The molecule has 1 aliphatic rings. The maximum atomic E-state index is 4.43.